The number of H-pyrrole nitrogens is 1. The maximum Gasteiger partial charge on any atom is 0.272 e. The largest absolute Gasteiger partial charge is 0.392 e. The summed E-state index contributed by atoms with van der Waals surface area (Å²) in [5.74, 6) is -0.192. The highest BCUT2D eigenvalue weighted by atomic mass is 16.3. The van der Waals surface area contributed by atoms with E-state index in [9.17, 15) is 4.79 Å². The second-order valence-corrected chi connectivity index (χ2v) is 6.40. The van der Waals surface area contributed by atoms with Crippen molar-refractivity contribution in [3.8, 4) is 0 Å². The van der Waals surface area contributed by atoms with E-state index in [1.807, 2.05) is 6.07 Å². The molecule has 0 atom stereocenters. The molecule has 1 amide bonds. The van der Waals surface area contributed by atoms with Crippen molar-refractivity contribution >= 4 is 5.91 Å². The molecule has 2 aromatic heterocycles. The molecule has 22 heavy (non-hydrogen) atoms. The third-order valence-electron chi connectivity index (χ3n) is 3.38. The molecule has 0 radical (unpaired) electrons. The van der Waals surface area contributed by atoms with Gasteiger partial charge in [-0.2, -0.15) is 5.10 Å². The molecule has 6 heteroatoms. The second kappa shape index (κ2) is 6.27. The molecule has 0 aliphatic carbocycles. The lowest BCUT2D eigenvalue weighted by atomic mass is 9.92. The van der Waals surface area contributed by atoms with Crippen LogP contribution in [0.5, 0.6) is 0 Å². The van der Waals surface area contributed by atoms with Crippen LogP contribution in [0.3, 0.4) is 0 Å². The molecule has 2 aromatic rings. The molecule has 118 valence electrons. The monoisotopic (exact) mass is 302 g/mol. The molecule has 0 saturated heterocycles. The summed E-state index contributed by atoms with van der Waals surface area (Å²) in [6, 6.07) is 5.26. The highest BCUT2D eigenvalue weighted by Gasteiger charge is 2.19. The standard InChI is InChI=1S/C16H22N4O2/c1-16(2,3)14-8-12(18-19-14)9-20(4)15(22)13-7-11(10-21)5-6-17-13/h5-8,21H,9-10H2,1-4H3,(H,18,19). The van der Waals surface area contributed by atoms with Crippen molar-refractivity contribution < 1.29 is 9.90 Å². The van der Waals surface area contributed by atoms with E-state index in [2.05, 4.69) is 36.0 Å². The molecule has 0 aromatic carbocycles. The third-order valence-corrected chi connectivity index (χ3v) is 3.38. The molecule has 6 nitrogen and oxygen atoms in total. The summed E-state index contributed by atoms with van der Waals surface area (Å²) >= 11 is 0. The Morgan fingerprint density at radius 2 is 2.09 bits per heavy atom. The maximum absolute atomic E-state index is 12.4. The van der Waals surface area contributed by atoms with Gasteiger partial charge in [0.15, 0.2) is 0 Å². The van der Waals surface area contributed by atoms with Crippen molar-refractivity contribution in [3.63, 3.8) is 0 Å². The van der Waals surface area contributed by atoms with E-state index in [1.165, 1.54) is 6.20 Å². The van der Waals surface area contributed by atoms with Gasteiger partial charge in [-0.1, -0.05) is 20.8 Å². The van der Waals surface area contributed by atoms with Crippen molar-refractivity contribution in [3.05, 3.63) is 47.0 Å². The Morgan fingerprint density at radius 3 is 2.68 bits per heavy atom. The van der Waals surface area contributed by atoms with Crippen molar-refractivity contribution in [2.75, 3.05) is 7.05 Å². The zero-order chi connectivity index (χ0) is 16.3. The van der Waals surface area contributed by atoms with Gasteiger partial charge in [-0.05, 0) is 23.8 Å². The minimum Gasteiger partial charge on any atom is -0.392 e. The maximum atomic E-state index is 12.4. The second-order valence-electron chi connectivity index (χ2n) is 6.40. The van der Waals surface area contributed by atoms with Crippen LogP contribution < -0.4 is 0 Å². The summed E-state index contributed by atoms with van der Waals surface area (Å²) in [6.45, 7) is 6.58. The molecule has 0 unspecified atom stereocenters. The molecule has 2 N–H and O–H groups in total. The number of nitrogens with one attached hydrogen (secondary N) is 1. The number of nitrogens with zero attached hydrogens (tertiary/aromatic N) is 3. The minimum absolute atomic E-state index is 0.0334. The fraction of sp³-hybridized carbons (Fsp3) is 0.438. The molecule has 2 rings (SSSR count). The molecular formula is C16H22N4O2. The number of aromatic amines is 1. The third kappa shape index (κ3) is 3.71. The van der Waals surface area contributed by atoms with Crippen molar-refractivity contribution in [2.45, 2.75) is 39.3 Å². The molecular weight excluding hydrogens is 280 g/mol. The smallest absolute Gasteiger partial charge is 0.272 e. The highest BCUT2D eigenvalue weighted by molar-refractivity contribution is 5.92. The number of aliphatic hydroxyl groups excluding tert-OH is 1. The number of aliphatic hydroxyl groups is 1. The van der Waals surface area contributed by atoms with E-state index in [0.29, 0.717) is 17.8 Å². The lowest BCUT2D eigenvalue weighted by Crippen LogP contribution is -2.27. The van der Waals surface area contributed by atoms with Crippen molar-refractivity contribution in [1.82, 2.24) is 20.1 Å². The first kappa shape index (κ1) is 16.2. The first-order valence-electron chi connectivity index (χ1n) is 7.17. The molecule has 0 spiro atoms. The molecule has 0 aliphatic heterocycles. The minimum atomic E-state index is -0.192. The van der Waals surface area contributed by atoms with Crippen LogP contribution in [-0.4, -0.2) is 38.1 Å². The lowest BCUT2D eigenvalue weighted by Gasteiger charge is -2.16. The predicted molar refractivity (Wildman–Crippen MR) is 83.2 cm³/mol. The SMILES string of the molecule is CN(Cc1cc(C(C)(C)C)n[nH]1)C(=O)c1cc(CO)ccn1. The van der Waals surface area contributed by atoms with Crippen LogP contribution in [0.15, 0.2) is 24.4 Å². The van der Waals surface area contributed by atoms with E-state index in [1.54, 1.807) is 24.1 Å². The predicted octanol–water partition coefficient (Wildman–Crippen LogP) is 1.87. The van der Waals surface area contributed by atoms with Crippen LogP contribution in [-0.2, 0) is 18.6 Å². The Hall–Kier alpha value is -2.21. The fourth-order valence-electron chi connectivity index (χ4n) is 2.04. The van der Waals surface area contributed by atoms with Gasteiger partial charge in [-0.15, -0.1) is 0 Å². The molecule has 0 saturated carbocycles. The summed E-state index contributed by atoms with van der Waals surface area (Å²) in [5, 5.41) is 16.4. The van der Waals surface area contributed by atoms with Gasteiger partial charge in [0.05, 0.1) is 24.5 Å². The molecule has 0 fully saturated rings. The molecule has 2 heterocycles. The summed E-state index contributed by atoms with van der Waals surface area (Å²) < 4.78 is 0. The first-order chi connectivity index (χ1) is 10.3. The number of carbonyl (C=O) groups is 1. The van der Waals surface area contributed by atoms with Gasteiger partial charge in [0.25, 0.3) is 5.91 Å². The highest BCUT2D eigenvalue weighted by Crippen LogP contribution is 2.20. The zero-order valence-electron chi connectivity index (χ0n) is 13.4. The number of aromatic nitrogens is 3. The average molecular weight is 302 g/mol. The number of hydrogen-bond donors (Lipinski definition) is 2. The van der Waals surface area contributed by atoms with Gasteiger partial charge in [-0.3, -0.25) is 14.9 Å². The van der Waals surface area contributed by atoms with Crippen LogP contribution in [0.4, 0.5) is 0 Å². The molecule has 0 aliphatic rings. The van der Waals surface area contributed by atoms with E-state index in [4.69, 9.17) is 5.11 Å². The number of amides is 1. The first-order valence-corrected chi connectivity index (χ1v) is 7.17. The van der Waals surface area contributed by atoms with Gasteiger partial charge < -0.3 is 10.0 Å². The van der Waals surface area contributed by atoms with E-state index in [0.717, 1.165) is 11.4 Å². The Bertz CT molecular complexity index is 658. The van der Waals surface area contributed by atoms with Crippen molar-refractivity contribution in [1.29, 1.82) is 0 Å². The van der Waals surface area contributed by atoms with E-state index in [-0.39, 0.29) is 17.9 Å². The number of pyridine rings is 1. The van der Waals surface area contributed by atoms with E-state index < -0.39 is 0 Å². The average Bonchev–Trinajstić information content (AvgIpc) is 2.95. The number of hydrogen-bond acceptors (Lipinski definition) is 4. The Morgan fingerprint density at radius 1 is 1.36 bits per heavy atom. The summed E-state index contributed by atoms with van der Waals surface area (Å²) in [5.41, 5.74) is 2.80. The van der Waals surface area contributed by atoms with Gasteiger partial charge in [0.1, 0.15) is 5.69 Å². The lowest BCUT2D eigenvalue weighted by molar-refractivity contribution is 0.0777. The zero-order valence-corrected chi connectivity index (χ0v) is 13.4. The summed E-state index contributed by atoms with van der Waals surface area (Å²) in [4.78, 5) is 18.0. The Kier molecular flexibility index (Phi) is 4.61. The van der Waals surface area contributed by atoms with Gasteiger partial charge >= 0.3 is 0 Å². The summed E-state index contributed by atoms with van der Waals surface area (Å²) in [6.07, 6.45) is 1.53. The fourth-order valence-corrected chi connectivity index (χ4v) is 2.04. The number of rotatable bonds is 4. The summed E-state index contributed by atoms with van der Waals surface area (Å²) in [7, 11) is 1.72. The Labute approximate surface area is 130 Å². The topological polar surface area (TPSA) is 82.1 Å². The van der Waals surface area contributed by atoms with Gasteiger partial charge in [-0.25, -0.2) is 0 Å². The van der Waals surface area contributed by atoms with Gasteiger partial charge in [0, 0.05) is 18.7 Å². The van der Waals surface area contributed by atoms with Crippen LogP contribution in [0.2, 0.25) is 0 Å². The van der Waals surface area contributed by atoms with E-state index >= 15 is 0 Å². The van der Waals surface area contributed by atoms with Crippen molar-refractivity contribution in [2.24, 2.45) is 0 Å². The van der Waals surface area contributed by atoms with Crippen LogP contribution >= 0.6 is 0 Å². The quantitative estimate of drug-likeness (QED) is 0.903. The normalized spacial score (nSPS) is 11.5. The molecule has 0 bridgehead atoms. The van der Waals surface area contributed by atoms with Gasteiger partial charge in [0.2, 0.25) is 0 Å². The number of carbonyl (C=O) groups excluding carboxylic acids is 1. The van der Waals surface area contributed by atoms with Crippen LogP contribution in [0, 0.1) is 0 Å². The Balaban J connectivity index is 2.09. The van der Waals surface area contributed by atoms with Crippen LogP contribution in [0.1, 0.15) is 48.2 Å². The van der Waals surface area contributed by atoms with Crippen LogP contribution in [0.25, 0.3) is 0 Å².